The molecule has 3 N–H and O–H groups in total. The van der Waals surface area contributed by atoms with Crippen LogP contribution in [0.25, 0.3) is 0 Å². The van der Waals surface area contributed by atoms with Crippen molar-refractivity contribution in [3.05, 3.63) is 17.0 Å². The van der Waals surface area contributed by atoms with Gasteiger partial charge in [0.25, 0.3) is 0 Å². The Morgan fingerprint density at radius 3 is 2.69 bits per heavy atom. The van der Waals surface area contributed by atoms with E-state index in [0.717, 1.165) is 43.2 Å². The summed E-state index contributed by atoms with van der Waals surface area (Å²) in [5.74, 6) is 1.82. The second-order valence-corrected chi connectivity index (χ2v) is 8.78. The molecule has 1 aliphatic rings. The Bertz CT molecular complexity index is 630. The van der Waals surface area contributed by atoms with Crippen LogP contribution < -0.4 is 10.6 Å². The monoisotopic (exact) mass is 381 g/mol. The fourth-order valence-electron chi connectivity index (χ4n) is 3.46. The Kier molecular flexibility index (Phi) is 7.41. The second-order valence-electron chi connectivity index (χ2n) is 7.30. The highest BCUT2D eigenvalue weighted by molar-refractivity contribution is 8.00. The molecule has 7 heteroatoms. The zero-order valence-corrected chi connectivity index (χ0v) is 17.9. The van der Waals surface area contributed by atoms with Crippen LogP contribution in [0, 0.1) is 13.8 Å². The zero-order valence-electron chi connectivity index (χ0n) is 17.1. The maximum atomic E-state index is 10.8. The van der Waals surface area contributed by atoms with Gasteiger partial charge in [-0.1, -0.05) is 6.92 Å². The van der Waals surface area contributed by atoms with E-state index in [0.29, 0.717) is 11.8 Å². The Balaban J connectivity index is 1.98. The molecule has 1 aliphatic carbocycles. The quantitative estimate of drug-likeness (QED) is 0.475. The van der Waals surface area contributed by atoms with Crippen LogP contribution in [-0.2, 0) is 13.5 Å². The molecular formula is C19H35N5OS. The predicted molar refractivity (Wildman–Crippen MR) is 111 cm³/mol. The lowest BCUT2D eigenvalue weighted by Crippen LogP contribution is -2.53. The third-order valence-electron chi connectivity index (χ3n) is 5.21. The van der Waals surface area contributed by atoms with E-state index in [4.69, 9.17) is 0 Å². The van der Waals surface area contributed by atoms with Crippen LogP contribution >= 0.6 is 11.8 Å². The van der Waals surface area contributed by atoms with Gasteiger partial charge in [-0.3, -0.25) is 9.67 Å². The largest absolute Gasteiger partial charge is 0.387 e. The van der Waals surface area contributed by atoms with Gasteiger partial charge in [-0.25, -0.2) is 0 Å². The fraction of sp³-hybridized carbons (Fsp3) is 0.789. The van der Waals surface area contributed by atoms with Gasteiger partial charge in [-0.2, -0.15) is 16.9 Å². The van der Waals surface area contributed by atoms with E-state index in [2.05, 4.69) is 55.3 Å². The highest BCUT2D eigenvalue weighted by Crippen LogP contribution is 2.41. The third-order valence-corrected chi connectivity index (χ3v) is 6.62. The van der Waals surface area contributed by atoms with E-state index in [-0.39, 0.29) is 6.04 Å². The first kappa shape index (κ1) is 21.1. The molecule has 3 atom stereocenters. The first-order chi connectivity index (χ1) is 12.3. The lowest BCUT2D eigenvalue weighted by Gasteiger charge is -2.44. The summed E-state index contributed by atoms with van der Waals surface area (Å²) in [6.45, 7) is 11.8. The number of thioether (sulfide) groups is 1. The molecule has 6 nitrogen and oxygen atoms in total. The van der Waals surface area contributed by atoms with Crippen LogP contribution in [0.2, 0.25) is 0 Å². The summed E-state index contributed by atoms with van der Waals surface area (Å²) in [6.07, 6.45) is 2.83. The number of guanidine groups is 1. The molecule has 0 radical (unpaired) electrons. The lowest BCUT2D eigenvalue weighted by molar-refractivity contribution is -0.0154. The minimum atomic E-state index is -0.650. The maximum absolute atomic E-state index is 10.8. The molecule has 1 aromatic rings. The van der Waals surface area contributed by atoms with Gasteiger partial charge in [0.2, 0.25) is 0 Å². The van der Waals surface area contributed by atoms with Gasteiger partial charge >= 0.3 is 0 Å². The number of aliphatic imine (C=N–C) groups is 1. The summed E-state index contributed by atoms with van der Waals surface area (Å²) in [5.41, 5.74) is 2.94. The average molecular weight is 382 g/mol. The van der Waals surface area contributed by atoms with E-state index >= 15 is 0 Å². The van der Waals surface area contributed by atoms with Crippen molar-refractivity contribution in [3.63, 3.8) is 0 Å². The molecule has 0 saturated heterocycles. The van der Waals surface area contributed by atoms with Crippen molar-refractivity contribution < 1.29 is 5.11 Å². The zero-order chi connectivity index (χ0) is 19.3. The summed E-state index contributed by atoms with van der Waals surface area (Å²) < 4.78 is 1.94. The van der Waals surface area contributed by atoms with Crippen LogP contribution in [-0.4, -0.2) is 56.6 Å². The number of rotatable bonds is 8. The molecule has 1 aromatic heterocycles. The van der Waals surface area contributed by atoms with Crippen LogP contribution in [0.1, 0.15) is 50.6 Å². The summed E-state index contributed by atoms with van der Waals surface area (Å²) in [4.78, 5) is 4.68. The van der Waals surface area contributed by atoms with Crippen molar-refractivity contribution >= 4 is 17.7 Å². The number of aromatic nitrogens is 2. The first-order valence-corrected chi connectivity index (χ1v) is 10.7. The van der Waals surface area contributed by atoms with Crippen molar-refractivity contribution in [3.8, 4) is 0 Å². The van der Waals surface area contributed by atoms with E-state index < -0.39 is 5.60 Å². The molecule has 1 heterocycles. The predicted octanol–water partition coefficient (Wildman–Crippen LogP) is 2.17. The SMILES string of the molecule is CCNC(=NCC1(O)CCC1SCC)NC(C)Cc1c(C)nn(C)c1C. The van der Waals surface area contributed by atoms with Crippen LogP contribution in [0.3, 0.4) is 0 Å². The van der Waals surface area contributed by atoms with Crippen molar-refractivity contribution in [2.75, 3.05) is 18.8 Å². The highest BCUT2D eigenvalue weighted by Gasteiger charge is 2.45. The number of nitrogens with one attached hydrogen (secondary N) is 2. The molecule has 1 saturated carbocycles. The molecule has 148 valence electrons. The van der Waals surface area contributed by atoms with Gasteiger partial charge in [-0.05, 0) is 58.3 Å². The molecule has 26 heavy (non-hydrogen) atoms. The highest BCUT2D eigenvalue weighted by atomic mass is 32.2. The smallest absolute Gasteiger partial charge is 0.191 e. The molecule has 3 unspecified atom stereocenters. The van der Waals surface area contributed by atoms with E-state index in [1.165, 1.54) is 11.3 Å². The van der Waals surface area contributed by atoms with E-state index in [9.17, 15) is 5.11 Å². The molecule has 0 amide bonds. The molecular weight excluding hydrogens is 346 g/mol. The van der Waals surface area contributed by atoms with Gasteiger partial charge in [0, 0.05) is 30.6 Å². The Labute approximate surface area is 162 Å². The minimum Gasteiger partial charge on any atom is -0.387 e. The molecule has 1 fully saturated rings. The number of hydrogen-bond acceptors (Lipinski definition) is 4. The fourth-order valence-corrected chi connectivity index (χ4v) is 4.64. The van der Waals surface area contributed by atoms with Gasteiger partial charge in [-0.15, -0.1) is 0 Å². The van der Waals surface area contributed by atoms with Crippen molar-refractivity contribution in [1.29, 1.82) is 0 Å². The second kappa shape index (κ2) is 9.13. The minimum absolute atomic E-state index is 0.228. The van der Waals surface area contributed by atoms with Crippen LogP contribution in [0.5, 0.6) is 0 Å². The average Bonchev–Trinajstić information content (AvgIpc) is 2.82. The van der Waals surface area contributed by atoms with Crippen molar-refractivity contribution in [2.24, 2.45) is 12.0 Å². The number of nitrogens with zero attached hydrogens (tertiary/aromatic N) is 3. The van der Waals surface area contributed by atoms with Gasteiger partial charge < -0.3 is 15.7 Å². The standard InChI is InChI=1S/C19H35N5OS/c1-7-20-18(21-12-19(25)10-9-17(19)26-8-2)22-13(3)11-16-14(4)23-24(6)15(16)5/h13,17,25H,7-12H2,1-6H3,(H2,20,21,22). The Morgan fingerprint density at radius 1 is 1.46 bits per heavy atom. The Hall–Kier alpha value is -1.21. The summed E-state index contributed by atoms with van der Waals surface area (Å²) >= 11 is 1.84. The molecule has 2 rings (SSSR count). The maximum Gasteiger partial charge on any atom is 0.191 e. The summed E-state index contributed by atoms with van der Waals surface area (Å²) in [7, 11) is 1.99. The topological polar surface area (TPSA) is 74.5 Å². The van der Waals surface area contributed by atoms with Crippen molar-refractivity contribution in [1.82, 2.24) is 20.4 Å². The van der Waals surface area contributed by atoms with Crippen LogP contribution in [0.4, 0.5) is 0 Å². The van der Waals surface area contributed by atoms with Crippen LogP contribution in [0.15, 0.2) is 4.99 Å². The van der Waals surface area contributed by atoms with Gasteiger partial charge in [0.1, 0.15) is 0 Å². The van der Waals surface area contributed by atoms with Gasteiger partial charge in [0.15, 0.2) is 5.96 Å². The third kappa shape index (κ3) is 4.94. The lowest BCUT2D eigenvalue weighted by atomic mass is 9.79. The normalized spacial score (nSPS) is 24.3. The number of hydrogen-bond donors (Lipinski definition) is 3. The molecule has 0 bridgehead atoms. The van der Waals surface area contributed by atoms with Gasteiger partial charge in [0.05, 0.1) is 17.8 Å². The molecule has 0 spiro atoms. The Morgan fingerprint density at radius 2 is 2.19 bits per heavy atom. The van der Waals surface area contributed by atoms with E-state index in [1.807, 2.05) is 23.5 Å². The van der Waals surface area contributed by atoms with Crippen molar-refractivity contribution in [2.45, 2.75) is 70.8 Å². The summed E-state index contributed by atoms with van der Waals surface area (Å²) in [6, 6.07) is 0.228. The summed E-state index contributed by atoms with van der Waals surface area (Å²) in [5, 5.41) is 22.4. The molecule has 0 aliphatic heterocycles. The molecule has 0 aromatic carbocycles. The van der Waals surface area contributed by atoms with E-state index in [1.54, 1.807) is 0 Å². The first-order valence-electron chi connectivity index (χ1n) is 9.68. The number of aliphatic hydroxyl groups is 1. The number of aryl methyl sites for hydroxylation is 2.